The molecular formula is C16H17N5O2. The standard InChI is InChI=1S/C16H17N5O2/c1-4-23-13-5-15-19-11(3)8-21(15)9-12(13)16(22)20-14-7-17-10(2)6-18-14/h5-9H,4H2,1-3H3,(H,18,20,22). The number of pyridine rings is 1. The molecule has 0 spiro atoms. The SMILES string of the molecule is CCOc1cc2nc(C)cn2cc1C(=O)Nc1cnc(C)cn1. The Hall–Kier alpha value is -2.96. The molecule has 0 bridgehead atoms. The Labute approximate surface area is 133 Å². The van der Waals surface area contributed by atoms with Gasteiger partial charge in [0, 0.05) is 18.5 Å². The van der Waals surface area contributed by atoms with E-state index in [1.165, 1.54) is 6.20 Å². The predicted octanol–water partition coefficient (Wildman–Crippen LogP) is 2.39. The highest BCUT2D eigenvalue weighted by Gasteiger charge is 2.16. The Kier molecular flexibility index (Phi) is 3.92. The Balaban J connectivity index is 1.97. The van der Waals surface area contributed by atoms with Crippen molar-refractivity contribution in [2.45, 2.75) is 20.8 Å². The number of carbonyl (C=O) groups excluding carboxylic acids is 1. The first kappa shape index (κ1) is 15.0. The van der Waals surface area contributed by atoms with Gasteiger partial charge in [-0.25, -0.2) is 9.97 Å². The molecule has 0 saturated heterocycles. The van der Waals surface area contributed by atoms with Gasteiger partial charge in [0.2, 0.25) is 0 Å². The topological polar surface area (TPSA) is 81.4 Å². The van der Waals surface area contributed by atoms with Crippen molar-refractivity contribution in [3.8, 4) is 5.75 Å². The van der Waals surface area contributed by atoms with Gasteiger partial charge in [-0.3, -0.25) is 9.78 Å². The number of carbonyl (C=O) groups is 1. The van der Waals surface area contributed by atoms with E-state index in [0.29, 0.717) is 23.7 Å². The summed E-state index contributed by atoms with van der Waals surface area (Å²) < 4.78 is 7.38. The number of nitrogens with zero attached hydrogens (tertiary/aromatic N) is 4. The summed E-state index contributed by atoms with van der Waals surface area (Å²) in [6.45, 7) is 6.06. The molecule has 0 aliphatic carbocycles. The first-order chi connectivity index (χ1) is 11.1. The normalized spacial score (nSPS) is 10.7. The highest BCUT2D eigenvalue weighted by atomic mass is 16.5. The van der Waals surface area contributed by atoms with Gasteiger partial charge in [-0.2, -0.15) is 0 Å². The Morgan fingerprint density at radius 1 is 1.22 bits per heavy atom. The molecule has 1 N–H and O–H groups in total. The Bertz CT molecular complexity index is 855. The molecule has 3 aromatic rings. The maximum atomic E-state index is 12.6. The number of amides is 1. The van der Waals surface area contributed by atoms with E-state index in [1.807, 2.05) is 27.0 Å². The number of nitrogens with one attached hydrogen (secondary N) is 1. The zero-order chi connectivity index (χ0) is 16.4. The lowest BCUT2D eigenvalue weighted by Crippen LogP contribution is -2.15. The minimum absolute atomic E-state index is 0.306. The van der Waals surface area contributed by atoms with Crippen LogP contribution in [-0.4, -0.2) is 31.9 Å². The van der Waals surface area contributed by atoms with Gasteiger partial charge in [0.25, 0.3) is 5.91 Å². The van der Waals surface area contributed by atoms with Crippen LogP contribution in [0.5, 0.6) is 5.75 Å². The molecule has 0 aliphatic rings. The monoisotopic (exact) mass is 311 g/mol. The number of fused-ring (bicyclic) bond motifs is 1. The van der Waals surface area contributed by atoms with E-state index in [2.05, 4.69) is 20.3 Å². The second kappa shape index (κ2) is 6.04. The molecular weight excluding hydrogens is 294 g/mol. The van der Waals surface area contributed by atoms with E-state index in [4.69, 9.17) is 4.74 Å². The van der Waals surface area contributed by atoms with E-state index < -0.39 is 0 Å². The third-order valence-electron chi connectivity index (χ3n) is 3.24. The lowest BCUT2D eigenvalue weighted by Gasteiger charge is -2.11. The summed E-state index contributed by atoms with van der Waals surface area (Å²) in [6.07, 6.45) is 6.68. The summed E-state index contributed by atoms with van der Waals surface area (Å²) in [4.78, 5) is 25.2. The smallest absolute Gasteiger partial charge is 0.262 e. The third kappa shape index (κ3) is 3.13. The largest absolute Gasteiger partial charge is 0.493 e. The van der Waals surface area contributed by atoms with Gasteiger partial charge in [-0.1, -0.05) is 0 Å². The number of aromatic nitrogens is 4. The van der Waals surface area contributed by atoms with E-state index in [9.17, 15) is 4.79 Å². The zero-order valence-electron chi connectivity index (χ0n) is 13.2. The van der Waals surface area contributed by atoms with Gasteiger partial charge < -0.3 is 14.5 Å². The maximum absolute atomic E-state index is 12.6. The van der Waals surface area contributed by atoms with Gasteiger partial charge in [-0.15, -0.1) is 0 Å². The average Bonchev–Trinajstić information content (AvgIpc) is 2.88. The highest BCUT2D eigenvalue weighted by molar-refractivity contribution is 6.05. The molecule has 3 rings (SSSR count). The molecule has 0 aliphatic heterocycles. The first-order valence-corrected chi connectivity index (χ1v) is 7.29. The maximum Gasteiger partial charge on any atom is 0.262 e. The van der Waals surface area contributed by atoms with Gasteiger partial charge in [0.15, 0.2) is 5.82 Å². The molecule has 7 nitrogen and oxygen atoms in total. The van der Waals surface area contributed by atoms with Crippen LogP contribution in [0.2, 0.25) is 0 Å². The lowest BCUT2D eigenvalue weighted by atomic mass is 10.2. The van der Waals surface area contributed by atoms with Crippen molar-refractivity contribution in [2.75, 3.05) is 11.9 Å². The molecule has 0 aromatic carbocycles. The molecule has 1 amide bonds. The fourth-order valence-corrected chi connectivity index (χ4v) is 2.23. The summed E-state index contributed by atoms with van der Waals surface area (Å²) in [5, 5.41) is 2.73. The van der Waals surface area contributed by atoms with Crippen LogP contribution in [0.25, 0.3) is 5.65 Å². The van der Waals surface area contributed by atoms with Crippen LogP contribution in [-0.2, 0) is 0 Å². The summed E-state index contributed by atoms with van der Waals surface area (Å²) >= 11 is 0. The zero-order valence-corrected chi connectivity index (χ0v) is 13.2. The number of ether oxygens (including phenoxy) is 1. The number of aryl methyl sites for hydroxylation is 2. The van der Waals surface area contributed by atoms with Crippen LogP contribution in [0, 0.1) is 13.8 Å². The molecule has 0 saturated carbocycles. The quantitative estimate of drug-likeness (QED) is 0.800. The fraction of sp³-hybridized carbons (Fsp3) is 0.250. The molecule has 118 valence electrons. The summed E-state index contributed by atoms with van der Waals surface area (Å²) in [7, 11) is 0. The molecule has 3 heterocycles. The molecule has 0 unspecified atom stereocenters. The lowest BCUT2D eigenvalue weighted by molar-refractivity contribution is 0.102. The van der Waals surface area contributed by atoms with Crippen molar-refractivity contribution in [2.24, 2.45) is 0 Å². The van der Waals surface area contributed by atoms with Crippen molar-refractivity contribution < 1.29 is 9.53 Å². The molecule has 0 fully saturated rings. The van der Waals surface area contributed by atoms with E-state index in [-0.39, 0.29) is 5.91 Å². The van der Waals surface area contributed by atoms with Crippen LogP contribution in [0.1, 0.15) is 28.7 Å². The molecule has 3 aromatic heterocycles. The van der Waals surface area contributed by atoms with Crippen LogP contribution in [0.15, 0.2) is 30.9 Å². The highest BCUT2D eigenvalue weighted by Crippen LogP contribution is 2.22. The van der Waals surface area contributed by atoms with Crippen LogP contribution in [0.3, 0.4) is 0 Å². The number of imidazole rings is 1. The van der Waals surface area contributed by atoms with Crippen molar-refractivity contribution in [3.63, 3.8) is 0 Å². The number of hydrogen-bond acceptors (Lipinski definition) is 5. The molecule has 7 heteroatoms. The summed E-state index contributed by atoms with van der Waals surface area (Å²) in [5.41, 5.74) is 2.81. The number of rotatable bonds is 4. The van der Waals surface area contributed by atoms with Crippen molar-refractivity contribution in [3.05, 3.63) is 47.8 Å². The van der Waals surface area contributed by atoms with Crippen LogP contribution >= 0.6 is 0 Å². The average molecular weight is 311 g/mol. The van der Waals surface area contributed by atoms with E-state index in [1.54, 1.807) is 22.9 Å². The van der Waals surface area contributed by atoms with Gasteiger partial charge in [0.1, 0.15) is 11.4 Å². The van der Waals surface area contributed by atoms with Gasteiger partial charge >= 0.3 is 0 Å². The van der Waals surface area contributed by atoms with Crippen molar-refractivity contribution in [1.82, 2.24) is 19.4 Å². The minimum Gasteiger partial charge on any atom is -0.493 e. The molecule has 23 heavy (non-hydrogen) atoms. The van der Waals surface area contributed by atoms with Crippen LogP contribution < -0.4 is 10.1 Å². The Morgan fingerprint density at radius 3 is 2.74 bits per heavy atom. The predicted molar refractivity (Wildman–Crippen MR) is 85.8 cm³/mol. The van der Waals surface area contributed by atoms with E-state index in [0.717, 1.165) is 17.0 Å². The summed E-state index contributed by atoms with van der Waals surface area (Å²) in [5.74, 6) is 0.577. The summed E-state index contributed by atoms with van der Waals surface area (Å²) in [6, 6.07) is 1.76. The Morgan fingerprint density at radius 2 is 2.04 bits per heavy atom. The van der Waals surface area contributed by atoms with Crippen molar-refractivity contribution >= 4 is 17.4 Å². The van der Waals surface area contributed by atoms with Crippen LogP contribution in [0.4, 0.5) is 5.82 Å². The number of anilines is 1. The number of hydrogen-bond donors (Lipinski definition) is 1. The van der Waals surface area contributed by atoms with Crippen molar-refractivity contribution in [1.29, 1.82) is 0 Å². The minimum atomic E-state index is -0.306. The second-order valence-corrected chi connectivity index (χ2v) is 5.13. The van der Waals surface area contributed by atoms with Gasteiger partial charge in [0.05, 0.1) is 36.0 Å². The van der Waals surface area contributed by atoms with E-state index >= 15 is 0 Å². The molecule has 0 atom stereocenters. The van der Waals surface area contributed by atoms with Gasteiger partial charge in [-0.05, 0) is 20.8 Å². The first-order valence-electron chi connectivity index (χ1n) is 7.29. The molecule has 0 radical (unpaired) electrons. The second-order valence-electron chi connectivity index (χ2n) is 5.13. The third-order valence-corrected chi connectivity index (χ3v) is 3.24. The fourth-order valence-electron chi connectivity index (χ4n) is 2.23.